The normalized spacial score (nSPS) is 14.1. The van der Waals surface area contributed by atoms with E-state index < -0.39 is 9.04 Å². The molecule has 2 nitrogen and oxygen atoms in total. The Balaban J connectivity index is 3.07. The lowest BCUT2D eigenvalue weighted by Crippen LogP contribution is -2.26. The summed E-state index contributed by atoms with van der Waals surface area (Å²) in [6, 6.07) is 7.99. The minimum atomic E-state index is -0.735. The van der Waals surface area contributed by atoms with Crippen LogP contribution in [0.25, 0.3) is 0 Å². The highest BCUT2D eigenvalue weighted by Gasteiger charge is 2.29. The van der Waals surface area contributed by atoms with Gasteiger partial charge in [-0.2, -0.15) is 0 Å². The average molecular weight is 236 g/mol. The van der Waals surface area contributed by atoms with Gasteiger partial charge in [-0.15, -0.1) is 0 Å². The number of hydrogen-bond donors (Lipinski definition) is 1. The van der Waals surface area contributed by atoms with Gasteiger partial charge in [0, 0.05) is 11.3 Å². The van der Waals surface area contributed by atoms with Gasteiger partial charge < -0.3 is 10.2 Å². The third kappa shape index (κ3) is 3.35. The third-order valence-corrected chi connectivity index (χ3v) is 3.13. The molecule has 1 rings (SSSR count). The Morgan fingerprint density at radius 2 is 1.75 bits per heavy atom. The van der Waals surface area contributed by atoms with E-state index in [-0.39, 0.29) is 11.5 Å². The largest absolute Gasteiger partial charge is 0.410 e. The molecule has 0 saturated carbocycles. The van der Waals surface area contributed by atoms with Crippen LogP contribution in [0.1, 0.15) is 32.4 Å². The summed E-state index contributed by atoms with van der Waals surface area (Å²) < 4.78 is 6.10. The van der Waals surface area contributed by atoms with E-state index in [1.54, 1.807) is 0 Å². The van der Waals surface area contributed by atoms with E-state index in [9.17, 15) is 0 Å². The summed E-state index contributed by atoms with van der Waals surface area (Å²) >= 11 is 0. The van der Waals surface area contributed by atoms with Crippen molar-refractivity contribution in [2.45, 2.75) is 40.0 Å². The van der Waals surface area contributed by atoms with Crippen LogP contribution in [0.5, 0.6) is 0 Å². The predicted molar refractivity (Wildman–Crippen MR) is 71.6 cm³/mol. The van der Waals surface area contributed by atoms with Crippen LogP contribution in [0.3, 0.4) is 0 Å². The first-order chi connectivity index (χ1) is 7.32. The first-order valence-electron chi connectivity index (χ1n) is 5.63. The van der Waals surface area contributed by atoms with E-state index in [2.05, 4.69) is 39.9 Å². The van der Waals surface area contributed by atoms with Gasteiger partial charge in [0.1, 0.15) is 0 Å². The fourth-order valence-corrected chi connectivity index (χ4v) is 2.64. The number of rotatable bonds is 3. The minimum Gasteiger partial charge on any atom is -0.410 e. The predicted octanol–water partition coefficient (Wildman–Crippen LogP) is 3.62. The maximum absolute atomic E-state index is 6.10. The fourth-order valence-electron chi connectivity index (χ4n) is 1.69. The van der Waals surface area contributed by atoms with Gasteiger partial charge in [0.2, 0.25) is 9.04 Å². The lowest BCUT2D eigenvalue weighted by atomic mass is 9.84. The second-order valence-corrected chi connectivity index (χ2v) is 7.45. The molecule has 1 atom stereocenters. The topological polar surface area (TPSA) is 35.2 Å². The molecule has 1 unspecified atom stereocenters. The smallest absolute Gasteiger partial charge is 0.205 e. The summed E-state index contributed by atoms with van der Waals surface area (Å²) in [7, 11) is -0.735. The van der Waals surface area contributed by atoms with Crippen molar-refractivity contribution in [3.05, 3.63) is 29.8 Å². The van der Waals surface area contributed by atoms with Gasteiger partial charge in [0.05, 0.1) is 6.10 Å². The van der Waals surface area contributed by atoms with Crippen LogP contribution in [0.2, 0.25) is 13.1 Å². The molecule has 0 aliphatic heterocycles. The Morgan fingerprint density at radius 1 is 1.19 bits per heavy atom. The van der Waals surface area contributed by atoms with Crippen molar-refractivity contribution in [2.75, 3.05) is 5.73 Å². The third-order valence-electron chi connectivity index (χ3n) is 2.42. The maximum Gasteiger partial charge on any atom is 0.205 e. The van der Waals surface area contributed by atoms with Crippen molar-refractivity contribution in [3.63, 3.8) is 0 Å². The van der Waals surface area contributed by atoms with E-state index in [0.717, 1.165) is 11.3 Å². The molecule has 16 heavy (non-hydrogen) atoms. The molecular formula is C13H22NOSi. The highest BCUT2D eigenvalue weighted by Crippen LogP contribution is 2.38. The van der Waals surface area contributed by atoms with Crippen molar-refractivity contribution in [3.8, 4) is 0 Å². The summed E-state index contributed by atoms with van der Waals surface area (Å²) in [5, 5.41) is 0. The molecule has 1 aromatic rings. The van der Waals surface area contributed by atoms with Gasteiger partial charge in [-0.3, -0.25) is 0 Å². The molecule has 0 amide bonds. The van der Waals surface area contributed by atoms with Gasteiger partial charge >= 0.3 is 0 Å². The van der Waals surface area contributed by atoms with Crippen molar-refractivity contribution in [1.82, 2.24) is 0 Å². The molecule has 0 spiro atoms. The molecule has 0 aliphatic rings. The second kappa shape index (κ2) is 5.02. The first-order valence-corrected chi connectivity index (χ1v) is 8.04. The number of para-hydroxylation sites is 1. The zero-order valence-corrected chi connectivity index (χ0v) is 11.9. The molecule has 1 radical (unpaired) electrons. The van der Waals surface area contributed by atoms with E-state index in [4.69, 9.17) is 10.2 Å². The number of anilines is 1. The summed E-state index contributed by atoms with van der Waals surface area (Å²) in [5.41, 5.74) is 8.03. The molecule has 0 aliphatic carbocycles. The van der Waals surface area contributed by atoms with Crippen LogP contribution in [0, 0.1) is 5.41 Å². The molecule has 0 bridgehead atoms. The summed E-state index contributed by atoms with van der Waals surface area (Å²) in [6.07, 6.45) is 0.0811. The Kier molecular flexibility index (Phi) is 4.16. The molecule has 89 valence electrons. The SMILES string of the molecule is C[Si](C)OC(c1ccccc1N)C(C)(C)C. The van der Waals surface area contributed by atoms with E-state index in [0.29, 0.717) is 0 Å². The van der Waals surface area contributed by atoms with Crippen molar-refractivity contribution in [1.29, 1.82) is 0 Å². The fraction of sp³-hybridized carbons (Fsp3) is 0.538. The molecule has 0 saturated heterocycles. The van der Waals surface area contributed by atoms with Crippen LogP contribution in [-0.4, -0.2) is 9.04 Å². The molecule has 2 N–H and O–H groups in total. The van der Waals surface area contributed by atoms with Crippen LogP contribution < -0.4 is 5.73 Å². The Morgan fingerprint density at radius 3 is 2.19 bits per heavy atom. The Bertz CT molecular complexity index is 344. The Labute approximate surface area is 101 Å². The monoisotopic (exact) mass is 236 g/mol. The molecule has 1 aromatic carbocycles. The van der Waals surface area contributed by atoms with E-state index in [1.165, 1.54) is 0 Å². The van der Waals surface area contributed by atoms with Crippen molar-refractivity contribution in [2.24, 2.45) is 5.41 Å². The van der Waals surface area contributed by atoms with E-state index >= 15 is 0 Å². The van der Waals surface area contributed by atoms with Gasteiger partial charge in [0.25, 0.3) is 0 Å². The van der Waals surface area contributed by atoms with Gasteiger partial charge in [-0.25, -0.2) is 0 Å². The zero-order chi connectivity index (χ0) is 12.3. The average Bonchev–Trinajstić information content (AvgIpc) is 2.13. The first kappa shape index (κ1) is 13.3. The van der Waals surface area contributed by atoms with Crippen molar-refractivity contribution >= 4 is 14.7 Å². The maximum atomic E-state index is 6.10. The highest BCUT2D eigenvalue weighted by atomic mass is 28.3. The summed E-state index contributed by atoms with van der Waals surface area (Å²) in [5.74, 6) is 0. The van der Waals surface area contributed by atoms with Gasteiger partial charge in [-0.05, 0) is 24.6 Å². The molecule has 0 fully saturated rings. The second-order valence-electron chi connectivity index (χ2n) is 5.40. The van der Waals surface area contributed by atoms with Gasteiger partial charge in [0.15, 0.2) is 0 Å². The number of benzene rings is 1. The minimum absolute atomic E-state index is 0.0669. The van der Waals surface area contributed by atoms with Gasteiger partial charge in [-0.1, -0.05) is 39.0 Å². The van der Waals surface area contributed by atoms with Crippen LogP contribution in [0.4, 0.5) is 5.69 Å². The summed E-state index contributed by atoms with van der Waals surface area (Å²) in [4.78, 5) is 0. The van der Waals surface area contributed by atoms with E-state index in [1.807, 2.05) is 18.2 Å². The molecule has 0 heterocycles. The van der Waals surface area contributed by atoms with Crippen LogP contribution in [-0.2, 0) is 4.43 Å². The highest BCUT2D eigenvalue weighted by molar-refractivity contribution is 6.48. The lowest BCUT2D eigenvalue weighted by molar-refractivity contribution is 0.0872. The van der Waals surface area contributed by atoms with Crippen LogP contribution >= 0.6 is 0 Å². The number of nitrogen functional groups attached to an aromatic ring is 1. The molecular weight excluding hydrogens is 214 g/mol. The lowest BCUT2D eigenvalue weighted by Gasteiger charge is -2.33. The Hall–Kier alpha value is -0.803. The quantitative estimate of drug-likeness (QED) is 0.642. The summed E-state index contributed by atoms with van der Waals surface area (Å²) in [6.45, 7) is 10.9. The molecule has 3 heteroatoms. The zero-order valence-electron chi connectivity index (χ0n) is 10.9. The number of nitrogens with two attached hydrogens (primary N) is 1. The number of hydrogen-bond acceptors (Lipinski definition) is 2. The standard InChI is InChI=1S/C13H22NOSi/c1-13(2,3)12(15-16(4)5)10-8-6-7-9-11(10)14/h6-9,12H,14H2,1-5H3. The van der Waals surface area contributed by atoms with Crippen LogP contribution in [0.15, 0.2) is 24.3 Å². The van der Waals surface area contributed by atoms with Crippen molar-refractivity contribution < 1.29 is 4.43 Å². The molecule has 0 aromatic heterocycles.